The number of para-hydroxylation sites is 2. The fourth-order valence-corrected chi connectivity index (χ4v) is 3.00. The van der Waals surface area contributed by atoms with E-state index in [4.69, 9.17) is 0 Å². The summed E-state index contributed by atoms with van der Waals surface area (Å²) in [5, 5.41) is 2.85. The maximum Gasteiger partial charge on any atom is 0.274 e. The first-order valence-corrected chi connectivity index (χ1v) is 7.99. The van der Waals surface area contributed by atoms with Crippen LogP contribution in [0.5, 0.6) is 0 Å². The minimum atomic E-state index is -0.199. The number of aromatic nitrogens is 1. The van der Waals surface area contributed by atoms with Gasteiger partial charge in [-0.25, -0.2) is 4.98 Å². The number of pyridine rings is 1. The van der Waals surface area contributed by atoms with Crippen molar-refractivity contribution in [3.05, 3.63) is 84.2 Å². The second-order valence-corrected chi connectivity index (χ2v) is 5.75. The molecular formula is C20H17N3O. The van der Waals surface area contributed by atoms with Gasteiger partial charge in [0.25, 0.3) is 5.91 Å². The molecular weight excluding hydrogens is 298 g/mol. The number of benzene rings is 2. The molecule has 0 fully saturated rings. The van der Waals surface area contributed by atoms with Gasteiger partial charge in [0.2, 0.25) is 0 Å². The maximum absolute atomic E-state index is 12.3. The third-order valence-corrected chi connectivity index (χ3v) is 4.21. The van der Waals surface area contributed by atoms with Gasteiger partial charge in [-0.2, -0.15) is 0 Å². The smallest absolute Gasteiger partial charge is 0.274 e. The molecule has 1 aromatic heterocycles. The molecule has 1 N–H and O–H groups in total. The summed E-state index contributed by atoms with van der Waals surface area (Å²) < 4.78 is 0. The molecule has 0 spiro atoms. The molecule has 0 saturated carbocycles. The average Bonchev–Trinajstić information content (AvgIpc) is 3.07. The van der Waals surface area contributed by atoms with E-state index in [0.717, 1.165) is 24.3 Å². The van der Waals surface area contributed by atoms with Crippen molar-refractivity contribution < 1.29 is 4.79 Å². The van der Waals surface area contributed by atoms with Gasteiger partial charge in [-0.1, -0.05) is 36.4 Å². The van der Waals surface area contributed by atoms with E-state index < -0.39 is 0 Å². The molecule has 118 valence electrons. The van der Waals surface area contributed by atoms with Crippen LogP contribution in [-0.4, -0.2) is 17.4 Å². The molecule has 2 heterocycles. The predicted molar refractivity (Wildman–Crippen MR) is 95.8 cm³/mol. The van der Waals surface area contributed by atoms with E-state index in [9.17, 15) is 4.79 Å². The van der Waals surface area contributed by atoms with Crippen molar-refractivity contribution >= 4 is 23.0 Å². The van der Waals surface area contributed by atoms with E-state index in [1.54, 1.807) is 12.3 Å². The Hall–Kier alpha value is -3.14. The highest BCUT2D eigenvalue weighted by Gasteiger charge is 2.20. The summed E-state index contributed by atoms with van der Waals surface area (Å²) in [6, 6.07) is 21.5. The molecule has 0 atom stereocenters. The zero-order valence-electron chi connectivity index (χ0n) is 13.1. The van der Waals surface area contributed by atoms with Crippen LogP contribution >= 0.6 is 0 Å². The van der Waals surface area contributed by atoms with Crippen LogP contribution in [0, 0.1) is 0 Å². The number of carbonyl (C=O) groups excluding carboxylic acids is 1. The molecule has 24 heavy (non-hydrogen) atoms. The highest BCUT2D eigenvalue weighted by Crippen LogP contribution is 2.33. The molecule has 1 amide bonds. The van der Waals surface area contributed by atoms with Gasteiger partial charge in [0.05, 0.1) is 11.9 Å². The molecule has 0 saturated heterocycles. The Morgan fingerprint density at radius 2 is 1.75 bits per heavy atom. The fraction of sp³-hybridized carbons (Fsp3) is 0.100. The first-order chi connectivity index (χ1) is 11.8. The van der Waals surface area contributed by atoms with E-state index in [0.29, 0.717) is 5.69 Å². The predicted octanol–water partition coefficient (Wildman–Crippen LogP) is 4.03. The van der Waals surface area contributed by atoms with Crippen LogP contribution in [-0.2, 0) is 6.42 Å². The molecule has 4 heteroatoms. The standard InChI is InChI=1S/C20H17N3O/c24-20(22-16-7-2-1-3-8-16)18-11-10-17(14-21-18)23-13-12-15-6-4-5-9-19(15)23/h1-11,14H,12-13H2,(H,22,24). The number of amides is 1. The van der Waals surface area contributed by atoms with E-state index in [1.807, 2.05) is 42.5 Å². The first kappa shape index (κ1) is 14.5. The zero-order valence-corrected chi connectivity index (χ0v) is 13.1. The Labute approximate surface area is 140 Å². The molecule has 2 aromatic carbocycles. The lowest BCUT2D eigenvalue weighted by molar-refractivity contribution is 0.102. The Morgan fingerprint density at radius 3 is 2.54 bits per heavy atom. The SMILES string of the molecule is O=C(Nc1ccccc1)c1ccc(N2CCc3ccccc32)cn1. The van der Waals surface area contributed by atoms with Crippen molar-refractivity contribution in [3.8, 4) is 0 Å². The highest BCUT2D eigenvalue weighted by atomic mass is 16.1. The van der Waals surface area contributed by atoms with Crippen molar-refractivity contribution in [1.82, 2.24) is 4.98 Å². The molecule has 0 radical (unpaired) electrons. The number of carbonyl (C=O) groups is 1. The van der Waals surface area contributed by atoms with Crippen LogP contribution < -0.4 is 10.2 Å². The summed E-state index contributed by atoms with van der Waals surface area (Å²) in [6.07, 6.45) is 2.80. The van der Waals surface area contributed by atoms with E-state index in [2.05, 4.69) is 33.4 Å². The number of nitrogens with one attached hydrogen (secondary N) is 1. The van der Waals surface area contributed by atoms with E-state index >= 15 is 0 Å². The Balaban J connectivity index is 1.52. The quantitative estimate of drug-likeness (QED) is 0.794. The Kier molecular flexibility index (Phi) is 3.71. The number of nitrogens with zero attached hydrogens (tertiary/aromatic N) is 2. The molecule has 4 nitrogen and oxygen atoms in total. The lowest BCUT2D eigenvalue weighted by Crippen LogP contribution is -2.16. The lowest BCUT2D eigenvalue weighted by Gasteiger charge is -2.19. The molecule has 0 bridgehead atoms. The molecule has 1 aliphatic rings. The summed E-state index contributed by atoms with van der Waals surface area (Å²) in [5.41, 5.74) is 4.76. The number of hydrogen-bond donors (Lipinski definition) is 1. The largest absolute Gasteiger partial charge is 0.340 e. The number of hydrogen-bond acceptors (Lipinski definition) is 3. The minimum Gasteiger partial charge on any atom is -0.340 e. The second kappa shape index (κ2) is 6.16. The second-order valence-electron chi connectivity index (χ2n) is 5.75. The summed E-state index contributed by atoms with van der Waals surface area (Å²) in [7, 11) is 0. The van der Waals surface area contributed by atoms with Gasteiger partial charge >= 0.3 is 0 Å². The first-order valence-electron chi connectivity index (χ1n) is 7.99. The number of anilines is 3. The topological polar surface area (TPSA) is 45.2 Å². The van der Waals surface area contributed by atoms with Gasteiger partial charge in [-0.3, -0.25) is 4.79 Å². The summed E-state index contributed by atoms with van der Waals surface area (Å²) in [6.45, 7) is 0.941. The summed E-state index contributed by atoms with van der Waals surface area (Å²) in [5.74, 6) is -0.199. The molecule has 0 unspecified atom stereocenters. The van der Waals surface area contributed by atoms with Crippen molar-refractivity contribution in [2.45, 2.75) is 6.42 Å². The van der Waals surface area contributed by atoms with Crippen molar-refractivity contribution in [1.29, 1.82) is 0 Å². The minimum absolute atomic E-state index is 0.199. The molecule has 3 aromatic rings. The molecule has 0 aliphatic carbocycles. The van der Waals surface area contributed by atoms with E-state index in [-0.39, 0.29) is 5.91 Å². The third-order valence-electron chi connectivity index (χ3n) is 4.21. The van der Waals surface area contributed by atoms with Crippen LogP contribution in [0.1, 0.15) is 16.1 Å². The van der Waals surface area contributed by atoms with Gasteiger partial charge in [-0.05, 0) is 42.3 Å². The van der Waals surface area contributed by atoms with E-state index in [1.165, 1.54) is 11.3 Å². The Bertz CT molecular complexity index is 860. The van der Waals surface area contributed by atoms with Gasteiger partial charge in [-0.15, -0.1) is 0 Å². The monoisotopic (exact) mass is 315 g/mol. The van der Waals surface area contributed by atoms with Crippen LogP contribution in [0.25, 0.3) is 0 Å². The van der Waals surface area contributed by atoms with Gasteiger partial charge < -0.3 is 10.2 Å². The fourth-order valence-electron chi connectivity index (χ4n) is 3.00. The summed E-state index contributed by atoms with van der Waals surface area (Å²) >= 11 is 0. The normalized spacial score (nSPS) is 12.8. The van der Waals surface area contributed by atoms with Crippen molar-refractivity contribution in [2.24, 2.45) is 0 Å². The van der Waals surface area contributed by atoms with Gasteiger partial charge in [0, 0.05) is 17.9 Å². The molecule has 4 rings (SSSR count). The maximum atomic E-state index is 12.3. The van der Waals surface area contributed by atoms with Crippen molar-refractivity contribution in [3.63, 3.8) is 0 Å². The van der Waals surface area contributed by atoms with Crippen LogP contribution in [0.3, 0.4) is 0 Å². The van der Waals surface area contributed by atoms with Crippen LogP contribution in [0.15, 0.2) is 72.9 Å². The molecule has 1 aliphatic heterocycles. The number of fused-ring (bicyclic) bond motifs is 1. The number of rotatable bonds is 3. The van der Waals surface area contributed by atoms with Crippen molar-refractivity contribution in [2.75, 3.05) is 16.8 Å². The van der Waals surface area contributed by atoms with Gasteiger partial charge in [0.15, 0.2) is 0 Å². The average molecular weight is 315 g/mol. The zero-order chi connectivity index (χ0) is 16.4. The summed E-state index contributed by atoms with van der Waals surface area (Å²) in [4.78, 5) is 18.8. The van der Waals surface area contributed by atoms with Crippen LogP contribution in [0.4, 0.5) is 17.1 Å². The Morgan fingerprint density at radius 1 is 0.958 bits per heavy atom. The van der Waals surface area contributed by atoms with Crippen LogP contribution in [0.2, 0.25) is 0 Å². The highest BCUT2D eigenvalue weighted by molar-refractivity contribution is 6.02. The van der Waals surface area contributed by atoms with Gasteiger partial charge in [0.1, 0.15) is 5.69 Å². The lowest BCUT2D eigenvalue weighted by atomic mass is 10.2. The third kappa shape index (κ3) is 2.74.